The summed E-state index contributed by atoms with van der Waals surface area (Å²) in [4.78, 5) is 38.6. The van der Waals surface area contributed by atoms with Crippen molar-refractivity contribution in [2.45, 2.75) is 20.0 Å². The Kier molecular flexibility index (Phi) is 5.71. The average molecular weight is 384 g/mol. The maximum absolute atomic E-state index is 12.8. The molecule has 1 aliphatic heterocycles. The summed E-state index contributed by atoms with van der Waals surface area (Å²) in [5, 5.41) is 4.43. The fourth-order valence-electron chi connectivity index (χ4n) is 2.76. The molecule has 0 spiro atoms. The molecule has 0 radical (unpaired) electrons. The predicted octanol–water partition coefficient (Wildman–Crippen LogP) is 3.08. The number of ether oxygens (including phenoxy) is 1. The van der Waals surface area contributed by atoms with Gasteiger partial charge >= 0.3 is 12.0 Å². The van der Waals surface area contributed by atoms with Crippen LogP contribution in [0.25, 0.3) is 11.6 Å². The average Bonchev–Trinajstić information content (AvgIpc) is 3.30. The van der Waals surface area contributed by atoms with Crippen LogP contribution in [0.2, 0.25) is 0 Å². The predicted molar refractivity (Wildman–Crippen MR) is 104 cm³/mol. The van der Waals surface area contributed by atoms with Gasteiger partial charge in [0.05, 0.1) is 5.57 Å². The maximum Gasteiger partial charge on any atom is 0.340 e. The molecule has 1 aromatic carbocycles. The van der Waals surface area contributed by atoms with Crippen LogP contribution in [0.4, 0.5) is 4.79 Å². The number of thiophene rings is 1. The van der Waals surface area contributed by atoms with E-state index in [1.807, 2.05) is 48.7 Å². The first-order valence-electron chi connectivity index (χ1n) is 8.58. The number of imide groups is 1. The van der Waals surface area contributed by atoms with Crippen LogP contribution in [0.3, 0.4) is 0 Å². The molecular formula is C20H20N2O4S. The van der Waals surface area contributed by atoms with Crippen LogP contribution in [0, 0.1) is 6.92 Å². The topological polar surface area (TPSA) is 75.7 Å². The first-order valence-corrected chi connectivity index (χ1v) is 9.46. The van der Waals surface area contributed by atoms with Gasteiger partial charge in [0.1, 0.15) is 0 Å². The number of carbonyl (C=O) groups excluding carboxylic acids is 3. The second-order valence-corrected chi connectivity index (χ2v) is 7.17. The minimum atomic E-state index is -1.05. The van der Waals surface area contributed by atoms with Gasteiger partial charge in [0.25, 0.3) is 5.91 Å². The summed E-state index contributed by atoms with van der Waals surface area (Å²) in [7, 11) is 0. The second kappa shape index (κ2) is 8.18. The second-order valence-electron chi connectivity index (χ2n) is 6.22. The van der Waals surface area contributed by atoms with Crippen LogP contribution in [0.15, 0.2) is 41.8 Å². The molecule has 27 heavy (non-hydrogen) atoms. The number of nitrogens with zero attached hydrogens (tertiary/aromatic N) is 1. The summed E-state index contributed by atoms with van der Waals surface area (Å²) in [5.74, 6) is -1.13. The molecule has 3 rings (SSSR count). The molecule has 1 fully saturated rings. The van der Waals surface area contributed by atoms with Crippen molar-refractivity contribution in [1.82, 2.24) is 10.2 Å². The third-order valence-electron chi connectivity index (χ3n) is 4.11. The van der Waals surface area contributed by atoms with E-state index in [0.717, 1.165) is 20.9 Å². The molecule has 1 N–H and O–H groups in total. The SMILES string of the molecule is Cc1cccc(/C=C(/C(=O)O[C@H](C)C(=O)N2CCNC2=O)c2cccs2)c1. The summed E-state index contributed by atoms with van der Waals surface area (Å²) in [6.07, 6.45) is 0.697. The fourth-order valence-corrected chi connectivity index (χ4v) is 3.49. The van der Waals surface area contributed by atoms with E-state index in [1.165, 1.54) is 18.3 Å². The molecule has 140 valence electrons. The van der Waals surface area contributed by atoms with Crippen molar-refractivity contribution in [3.8, 4) is 0 Å². The highest BCUT2D eigenvalue weighted by atomic mass is 32.1. The standard InChI is InChI=1S/C20H20N2O4S/c1-13-5-3-6-15(11-13)12-16(17-7-4-10-27-17)19(24)26-14(2)18(23)22-9-8-21-20(22)25/h3-7,10-12,14H,8-9H2,1-2H3,(H,21,25)/b16-12+/t14-/m1/s1. The van der Waals surface area contributed by atoms with E-state index in [2.05, 4.69) is 5.32 Å². The Bertz CT molecular complexity index is 889. The van der Waals surface area contributed by atoms with Gasteiger partial charge in [-0.1, -0.05) is 35.9 Å². The largest absolute Gasteiger partial charge is 0.449 e. The van der Waals surface area contributed by atoms with E-state index < -0.39 is 24.0 Å². The van der Waals surface area contributed by atoms with Gasteiger partial charge in [-0.2, -0.15) is 0 Å². The van der Waals surface area contributed by atoms with Crippen molar-refractivity contribution in [2.75, 3.05) is 13.1 Å². The van der Waals surface area contributed by atoms with Crippen molar-refractivity contribution >= 4 is 40.9 Å². The van der Waals surface area contributed by atoms with Gasteiger partial charge in [0, 0.05) is 18.0 Å². The van der Waals surface area contributed by atoms with E-state index in [1.54, 1.807) is 6.08 Å². The maximum atomic E-state index is 12.8. The summed E-state index contributed by atoms with van der Waals surface area (Å²) in [6, 6.07) is 11.0. The third-order valence-corrected chi connectivity index (χ3v) is 5.02. The van der Waals surface area contributed by atoms with Gasteiger partial charge in [-0.05, 0) is 36.9 Å². The van der Waals surface area contributed by atoms with Crippen molar-refractivity contribution in [2.24, 2.45) is 0 Å². The number of carbonyl (C=O) groups is 3. The highest BCUT2D eigenvalue weighted by molar-refractivity contribution is 7.11. The molecule has 0 bridgehead atoms. The molecule has 0 saturated carbocycles. The molecule has 6 nitrogen and oxygen atoms in total. The van der Waals surface area contributed by atoms with Gasteiger partial charge in [-0.25, -0.2) is 9.59 Å². The van der Waals surface area contributed by atoms with Crippen LogP contribution in [0.1, 0.15) is 22.9 Å². The van der Waals surface area contributed by atoms with Crippen LogP contribution < -0.4 is 5.32 Å². The first-order chi connectivity index (χ1) is 13.0. The molecule has 0 aliphatic carbocycles. The number of hydrogen-bond donors (Lipinski definition) is 1. The van der Waals surface area contributed by atoms with E-state index in [4.69, 9.17) is 4.74 Å². The van der Waals surface area contributed by atoms with Crippen LogP contribution >= 0.6 is 11.3 Å². The highest BCUT2D eigenvalue weighted by Gasteiger charge is 2.32. The lowest BCUT2D eigenvalue weighted by atomic mass is 10.1. The first kappa shape index (κ1) is 18.8. The zero-order valence-corrected chi connectivity index (χ0v) is 15.9. The molecule has 2 heterocycles. The van der Waals surface area contributed by atoms with E-state index in [-0.39, 0.29) is 6.54 Å². The smallest absolute Gasteiger partial charge is 0.340 e. The van der Waals surface area contributed by atoms with Crippen molar-refractivity contribution in [3.63, 3.8) is 0 Å². The molecule has 3 amide bonds. The lowest BCUT2D eigenvalue weighted by molar-refractivity contribution is -0.152. The number of urea groups is 1. The zero-order valence-electron chi connectivity index (χ0n) is 15.1. The van der Waals surface area contributed by atoms with Crippen molar-refractivity contribution in [1.29, 1.82) is 0 Å². The summed E-state index contributed by atoms with van der Waals surface area (Å²) >= 11 is 1.42. The lowest BCUT2D eigenvalue weighted by Gasteiger charge is -2.18. The number of esters is 1. The normalized spacial score (nSPS) is 15.4. The van der Waals surface area contributed by atoms with E-state index in [0.29, 0.717) is 12.1 Å². The molecular weight excluding hydrogens is 364 g/mol. The van der Waals surface area contributed by atoms with E-state index >= 15 is 0 Å². The molecule has 1 atom stereocenters. The van der Waals surface area contributed by atoms with Gasteiger partial charge < -0.3 is 10.1 Å². The molecule has 0 unspecified atom stereocenters. The quantitative estimate of drug-likeness (QED) is 0.635. The minimum Gasteiger partial charge on any atom is -0.449 e. The Labute approximate surface area is 161 Å². The van der Waals surface area contributed by atoms with Crippen LogP contribution in [-0.2, 0) is 14.3 Å². The number of benzene rings is 1. The van der Waals surface area contributed by atoms with Crippen molar-refractivity contribution in [3.05, 3.63) is 57.8 Å². The minimum absolute atomic E-state index is 0.274. The molecule has 1 aliphatic rings. The number of aryl methyl sites for hydroxylation is 1. The summed E-state index contributed by atoms with van der Waals surface area (Å²) in [5.41, 5.74) is 2.32. The Hall–Kier alpha value is -2.93. The number of rotatable bonds is 5. The Morgan fingerprint density at radius 2 is 2.11 bits per heavy atom. The Morgan fingerprint density at radius 1 is 1.30 bits per heavy atom. The zero-order chi connectivity index (χ0) is 19.4. The number of nitrogens with one attached hydrogen (secondary N) is 1. The lowest BCUT2D eigenvalue weighted by Crippen LogP contribution is -2.41. The van der Waals surface area contributed by atoms with E-state index in [9.17, 15) is 14.4 Å². The third kappa shape index (κ3) is 4.43. The molecule has 7 heteroatoms. The number of hydrogen-bond acceptors (Lipinski definition) is 5. The highest BCUT2D eigenvalue weighted by Crippen LogP contribution is 2.25. The molecule has 1 aromatic heterocycles. The van der Waals surface area contributed by atoms with Gasteiger partial charge in [-0.15, -0.1) is 11.3 Å². The van der Waals surface area contributed by atoms with Gasteiger partial charge in [0.2, 0.25) is 0 Å². The fraction of sp³-hybridized carbons (Fsp3) is 0.250. The Morgan fingerprint density at radius 3 is 2.74 bits per heavy atom. The Balaban J connectivity index is 1.81. The monoisotopic (exact) mass is 384 g/mol. The van der Waals surface area contributed by atoms with Crippen LogP contribution in [-0.4, -0.2) is 42.0 Å². The van der Waals surface area contributed by atoms with Gasteiger partial charge in [-0.3, -0.25) is 9.69 Å². The number of amides is 3. The van der Waals surface area contributed by atoms with Crippen LogP contribution in [0.5, 0.6) is 0 Å². The van der Waals surface area contributed by atoms with Gasteiger partial charge in [0.15, 0.2) is 6.10 Å². The molecule has 2 aromatic rings. The van der Waals surface area contributed by atoms with Crippen molar-refractivity contribution < 1.29 is 19.1 Å². The molecule has 1 saturated heterocycles. The summed E-state index contributed by atoms with van der Waals surface area (Å²) in [6.45, 7) is 4.13. The summed E-state index contributed by atoms with van der Waals surface area (Å²) < 4.78 is 5.39.